The molecule has 0 fully saturated rings. The quantitative estimate of drug-likeness (QED) is 0.429. The van der Waals surface area contributed by atoms with E-state index in [-0.39, 0.29) is 17.9 Å². The zero-order valence-corrected chi connectivity index (χ0v) is 17.7. The van der Waals surface area contributed by atoms with Crippen molar-refractivity contribution in [3.8, 4) is 0 Å². The van der Waals surface area contributed by atoms with E-state index in [0.29, 0.717) is 10.0 Å². The predicted molar refractivity (Wildman–Crippen MR) is 122 cm³/mol. The molecule has 2 unspecified atom stereocenters. The molecule has 0 heterocycles. The molecule has 0 saturated carbocycles. The van der Waals surface area contributed by atoms with Crippen LogP contribution in [0.3, 0.4) is 0 Å². The van der Waals surface area contributed by atoms with Crippen molar-refractivity contribution in [2.45, 2.75) is 25.3 Å². The first-order valence-electron chi connectivity index (χ1n) is 9.55. The smallest absolute Gasteiger partial charge is 0.244 e. The molecule has 3 aromatic carbocycles. The second-order valence-corrected chi connectivity index (χ2v) is 7.90. The van der Waals surface area contributed by atoms with Crippen molar-refractivity contribution in [3.05, 3.63) is 112 Å². The molecular formula is C25H23Cl2NO. The third-order valence-corrected chi connectivity index (χ3v) is 5.37. The molecule has 0 radical (unpaired) electrons. The first kappa shape index (κ1) is 21.2. The summed E-state index contributed by atoms with van der Waals surface area (Å²) in [5.74, 6) is -0.0149. The van der Waals surface area contributed by atoms with E-state index in [9.17, 15) is 4.79 Å². The van der Waals surface area contributed by atoms with Crippen LogP contribution in [0.25, 0.3) is 6.08 Å². The van der Waals surface area contributed by atoms with Gasteiger partial charge in [0.25, 0.3) is 0 Å². The predicted octanol–water partition coefficient (Wildman–Crippen LogP) is 6.54. The summed E-state index contributed by atoms with van der Waals surface area (Å²) in [5, 5.41) is 4.52. The van der Waals surface area contributed by atoms with Gasteiger partial charge in [0.15, 0.2) is 0 Å². The minimum atomic E-state index is -0.114. The Bertz CT molecular complexity index is 950. The standard InChI is InChI=1S/C25H23Cl2NO/c1-18(28-25(29)16-9-19-5-3-2-4-6-19)24(21-10-14-23(27)15-11-21)17-20-7-12-22(26)13-8-20/h2-16,18,24H,17H2,1H3,(H,28,29). The molecule has 0 aliphatic rings. The number of halogens is 2. The average molecular weight is 424 g/mol. The SMILES string of the molecule is CC(NC(=O)C=Cc1ccccc1)C(Cc1ccc(Cl)cc1)c1ccc(Cl)cc1. The molecule has 0 aliphatic heterocycles. The van der Waals surface area contributed by atoms with Crippen molar-refractivity contribution >= 4 is 35.2 Å². The Morgan fingerprint density at radius 2 is 1.48 bits per heavy atom. The highest BCUT2D eigenvalue weighted by Gasteiger charge is 2.21. The molecule has 2 nitrogen and oxygen atoms in total. The van der Waals surface area contributed by atoms with E-state index in [4.69, 9.17) is 23.2 Å². The van der Waals surface area contributed by atoms with Gasteiger partial charge in [0.2, 0.25) is 5.91 Å². The fourth-order valence-corrected chi connectivity index (χ4v) is 3.53. The number of carbonyl (C=O) groups excluding carboxylic acids is 1. The Morgan fingerprint density at radius 1 is 0.897 bits per heavy atom. The summed E-state index contributed by atoms with van der Waals surface area (Å²) in [6.45, 7) is 2.03. The van der Waals surface area contributed by atoms with Gasteiger partial charge in [0.1, 0.15) is 0 Å². The van der Waals surface area contributed by atoms with Gasteiger partial charge < -0.3 is 5.32 Å². The lowest BCUT2D eigenvalue weighted by atomic mass is 9.86. The number of rotatable bonds is 7. The molecule has 0 saturated heterocycles. The molecule has 1 amide bonds. The Balaban J connectivity index is 1.75. The number of benzene rings is 3. The maximum Gasteiger partial charge on any atom is 0.244 e. The number of hydrogen-bond acceptors (Lipinski definition) is 1. The normalized spacial score (nSPS) is 13.2. The van der Waals surface area contributed by atoms with Crippen LogP contribution in [-0.4, -0.2) is 11.9 Å². The number of hydrogen-bond donors (Lipinski definition) is 1. The van der Waals surface area contributed by atoms with Crippen molar-refractivity contribution < 1.29 is 4.79 Å². The topological polar surface area (TPSA) is 29.1 Å². The van der Waals surface area contributed by atoms with Crippen LogP contribution < -0.4 is 5.32 Å². The van der Waals surface area contributed by atoms with Gasteiger partial charge in [0.05, 0.1) is 0 Å². The first-order valence-corrected chi connectivity index (χ1v) is 10.3. The molecule has 1 N–H and O–H groups in total. The molecule has 0 spiro atoms. The van der Waals surface area contributed by atoms with Gasteiger partial charge in [-0.05, 0) is 60.4 Å². The van der Waals surface area contributed by atoms with Crippen LogP contribution >= 0.6 is 23.2 Å². The molecule has 3 aromatic rings. The van der Waals surface area contributed by atoms with E-state index in [0.717, 1.165) is 23.1 Å². The lowest BCUT2D eigenvalue weighted by Gasteiger charge is -2.25. The number of amides is 1. The highest BCUT2D eigenvalue weighted by Crippen LogP contribution is 2.26. The van der Waals surface area contributed by atoms with E-state index in [2.05, 4.69) is 5.32 Å². The second kappa shape index (κ2) is 10.3. The zero-order valence-electron chi connectivity index (χ0n) is 16.2. The van der Waals surface area contributed by atoms with Crippen molar-refractivity contribution in [1.29, 1.82) is 0 Å². The van der Waals surface area contributed by atoms with Gasteiger partial charge in [-0.3, -0.25) is 4.79 Å². The monoisotopic (exact) mass is 423 g/mol. The lowest BCUT2D eigenvalue weighted by molar-refractivity contribution is -0.117. The number of carbonyl (C=O) groups is 1. The third-order valence-electron chi connectivity index (χ3n) is 4.87. The fourth-order valence-electron chi connectivity index (χ4n) is 3.28. The van der Waals surface area contributed by atoms with Crippen LogP contribution in [0, 0.1) is 0 Å². The van der Waals surface area contributed by atoms with E-state index in [1.807, 2.05) is 91.9 Å². The Morgan fingerprint density at radius 3 is 2.10 bits per heavy atom. The third kappa shape index (κ3) is 6.49. The van der Waals surface area contributed by atoms with Gasteiger partial charge in [-0.2, -0.15) is 0 Å². The van der Waals surface area contributed by atoms with Crippen LogP contribution in [0.5, 0.6) is 0 Å². The summed E-state index contributed by atoms with van der Waals surface area (Å²) in [6.07, 6.45) is 4.17. The van der Waals surface area contributed by atoms with Crippen molar-refractivity contribution in [2.75, 3.05) is 0 Å². The highest BCUT2D eigenvalue weighted by molar-refractivity contribution is 6.30. The molecule has 2 atom stereocenters. The maximum absolute atomic E-state index is 12.5. The van der Waals surface area contributed by atoms with Crippen LogP contribution in [0.1, 0.15) is 29.5 Å². The second-order valence-electron chi connectivity index (χ2n) is 7.03. The van der Waals surface area contributed by atoms with Gasteiger partial charge in [-0.15, -0.1) is 0 Å². The van der Waals surface area contributed by atoms with Crippen LogP contribution in [0.2, 0.25) is 10.0 Å². The molecule has 0 aromatic heterocycles. The first-order chi connectivity index (χ1) is 14.0. The molecular weight excluding hydrogens is 401 g/mol. The van der Waals surface area contributed by atoms with Crippen LogP contribution in [0.15, 0.2) is 84.9 Å². The summed E-state index contributed by atoms with van der Waals surface area (Å²) in [6, 6.07) is 25.3. The summed E-state index contributed by atoms with van der Waals surface area (Å²) in [4.78, 5) is 12.5. The molecule has 0 bridgehead atoms. The van der Waals surface area contributed by atoms with Crippen molar-refractivity contribution in [2.24, 2.45) is 0 Å². The largest absolute Gasteiger partial charge is 0.349 e. The summed E-state index contributed by atoms with van der Waals surface area (Å²) < 4.78 is 0. The Kier molecular flexibility index (Phi) is 7.51. The Hall–Kier alpha value is -2.55. The molecule has 29 heavy (non-hydrogen) atoms. The van der Waals surface area contributed by atoms with E-state index in [1.165, 1.54) is 0 Å². The molecule has 4 heteroatoms. The zero-order chi connectivity index (χ0) is 20.6. The highest BCUT2D eigenvalue weighted by atomic mass is 35.5. The summed E-state index contributed by atoms with van der Waals surface area (Å²) >= 11 is 12.1. The Labute approximate surface area is 182 Å². The van der Waals surface area contributed by atoms with Crippen LogP contribution in [0.4, 0.5) is 0 Å². The minimum Gasteiger partial charge on any atom is -0.349 e. The molecule has 0 aliphatic carbocycles. The molecule has 3 rings (SSSR count). The average Bonchev–Trinajstić information content (AvgIpc) is 2.73. The summed E-state index contributed by atoms with van der Waals surface area (Å²) in [5.41, 5.74) is 3.28. The summed E-state index contributed by atoms with van der Waals surface area (Å²) in [7, 11) is 0. The van der Waals surface area contributed by atoms with Gasteiger partial charge >= 0.3 is 0 Å². The fraction of sp³-hybridized carbons (Fsp3) is 0.160. The minimum absolute atomic E-state index is 0.0697. The maximum atomic E-state index is 12.5. The van der Waals surface area contributed by atoms with Gasteiger partial charge in [0, 0.05) is 28.1 Å². The van der Waals surface area contributed by atoms with E-state index in [1.54, 1.807) is 6.08 Å². The number of nitrogens with one attached hydrogen (secondary N) is 1. The van der Waals surface area contributed by atoms with Gasteiger partial charge in [-0.1, -0.05) is 77.8 Å². The lowest BCUT2D eigenvalue weighted by Crippen LogP contribution is -2.37. The van der Waals surface area contributed by atoms with E-state index >= 15 is 0 Å². The van der Waals surface area contributed by atoms with Crippen molar-refractivity contribution in [3.63, 3.8) is 0 Å². The van der Waals surface area contributed by atoms with Gasteiger partial charge in [-0.25, -0.2) is 0 Å². The molecule has 148 valence electrons. The van der Waals surface area contributed by atoms with Crippen LogP contribution in [-0.2, 0) is 11.2 Å². The van der Waals surface area contributed by atoms with Crippen molar-refractivity contribution in [1.82, 2.24) is 5.32 Å². The van der Waals surface area contributed by atoms with E-state index < -0.39 is 0 Å².